The zero-order chi connectivity index (χ0) is 21.1. The summed E-state index contributed by atoms with van der Waals surface area (Å²) in [4.78, 5) is 29.2. The van der Waals surface area contributed by atoms with Gasteiger partial charge in [0.1, 0.15) is 10.3 Å². The highest BCUT2D eigenvalue weighted by Crippen LogP contribution is 2.32. The third kappa shape index (κ3) is 4.32. The van der Waals surface area contributed by atoms with Crippen molar-refractivity contribution in [1.29, 1.82) is 0 Å². The van der Waals surface area contributed by atoms with E-state index in [1.807, 2.05) is 12.1 Å². The van der Waals surface area contributed by atoms with E-state index in [1.54, 1.807) is 30.3 Å². The predicted octanol–water partition coefficient (Wildman–Crippen LogP) is 4.30. The first-order chi connectivity index (χ1) is 14.5. The van der Waals surface area contributed by atoms with Crippen LogP contribution in [0.25, 0.3) is 0 Å². The van der Waals surface area contributed by atoms with E-state index in [-0.39, 0.29) is 35.1 Å². The van der Waals surface area contributed by atoms with Crippen molar-refractivity contribution >= 4 is 40.7 Å². The SMILES string of the molecule is O=C(NCc1ccc2c(c1)OCO2)c1ccccc1NC(=O)c1ccc(Cl)nc1Cl. The van der Waals surface area contributed by atoms with Crippen molar-refractivity contribution < 1.29 is 19.1 Å². The van der Waals surface area contributed by atoms with Crippen molar-refractivity contribution in [2.75, 3.05) is 12.1 Å². The molecule has 0 aliphatic carbocycles. The van der Waals surface area contributed by atoms with E-state index in [0.717, 1.165) is 5.56 Å². The molecule has 7 nitrogen and oxygen atoms in total. The molecule has 1 aliphatic rings. The summed E-state index contributed by atoms with van der Waals surface area (Å²) >= 11 is 11.8. The molecule has 0 fully saturated rings. The number of amides is 2. The normalized spacial score (nSPS) is 11.8. The number of hydrogen-bond donors (Lipinski definition) is 2. The van der Waals surface area contributed by atoms with Crippen LogP contribution in [0.4, 0.5) is 5.69 Å². The molecule has 9 heteroatoms. The van der Waals surface area contributed by atoms with Gasteiger partial charge in [0.25, 0.3) is 11.8 Å². The molecule has 2 N–H and O–H groups in total. The fourth-order valence-corrected chi connectivity index (χ4v) is 3.32. The molecule has 4 rings (SSSR count). The molecule has 1 aromatic heterocycles. The Labute approximate surface area is 181 Å². The maximum atomic E-state index is 12.7. The van der Waals surface area contributed by atoms with Crippen molar-refractivity contribution in [1.82, 2.24) is 10.3 Å². The minimum Gasteiger partial charge on any atom is -0.454 e. The van der Waals surface area contributed by atoms with E-state index < -0.39 is 5.91 Å². The summed E-state index contributed by atoms with van der Waals surface area (Å²) in [6, 6.07) is 15.1. The van der Waals surface area contributed by atoms with Crippen LogP contribution in [0.5, 0.6) is 11.5 Å². The maximum Gasteiger partial charge on any atom is 0.258 e. The average Bonchev–Trinajstić information content (AvgIpc) is 3.20. The summed E-state index contributed by atoms with van der Waals surface area (Å²) in [6.07, 6.45) is 0. The van der Waals surface area contributed by atoms with Crippen LogP contribution in [0.1, 0.15) is 26.3 Å². The Hall–Kier alpha value is -3.29. The van der Waals surface area contributed by atoms with Crippen LogP contribution in [0.3, 0.4) is 0 Å². The van der Waals surface area contributed by atoms with Crippen molar-refractivity contribution in [3.05, 3.63) is 81.6 Å². The van der Waals surface area contributed by atoms with Crippen LogP contribution < -0.4 is 20.1 Å². The Bertz CT molecular complexity index is 1140. The zero-order valence-corrected chi connectivity index (χ0v) is 17.0. The van der Waals surface area contributed by atoms with Gasteiger partial charge >= 0.3 is 0 Å². The predicted molar refractivity (Wildman–Crippen MR) is 112 cm³/mol. The van der Waals surface area contributed by atoms with Gasteiger partial charge in [-0.15, -0.1) is 0 Å². The van der Waals surface area contributed by atoms with Gasteiger partial charge in [-0.05, 0) is 42.0 Å². The molecule has 30 heavy (non-hydrogen) atoms. The van der Waals surface area contributed by atoms with Gasteiger partial charge in [0.15, 0.2) is 11.5 Å². The summed E-state index contributed by atoms with van der Waals surface area (Å²) in [5, 5.41) is 5.69. The number of benzene rings is 2. The monoisotopic (exact) mass is 443 g/mol. The highest BCUT2D eigenvalue weighted by molar-refractivity contribution is 6.35. The van der Waals surface area contributed by atoms with Gasteiger partial charge in [-0.25, -0.2) is 4.98 Å². The molecule has 0 radical (unpaired) electrons. The summed E-state index contributed by atoms with van der Waals surface area (Å²) < 4.78 is 10.6. The van der Waals surface area contributed by atoms with E-state index in [0.29, 0.717) is 22.7 Å². The first-order valence-corrected chi connectivity index (χ1v) is 9.66. The van der Waals surface area contributed by atoms with E-state index in [4.69, 9.17) is 32.7 Å². The number of nitrogens with zero attached hydrogens (tertiary/aromatic N) is 1. The molecule has 2 heterocycles. The van der Waals surface area contributed by atoms with E-state index in [9.17, 15) is 9.59 Å². The number of aromatic nitrogens is 1. The Morgan fingerprint density at radius 2 is 1.73 bits per heavy atom. The molecule has 0 atom stereocenters. The maximum absolute atomic E-state index is 12.7. The number of ether oxygens (including phenoxy) is 2. The van der Waals surface area contributed by atoms with Gasteiger partial charge < -0.3 is 20.1 Å². The lowest BCUT2D eigenvalue weighted by molar-refractivity contribution is 0.0951. The van der Waals surface area contributed by atoms with Gasteiger partial charge in [-0.1, -0.05) is 41.4 Å². The molecule has 0 spiro atoms. The minimum absolute atomic E-state index is 0.0234. The van der Waals surface area contributed by atoms with Crippen LogP contribution >= 0.6 is 23.2 Å². The number of para-hydroxylation sites is 1. The van der Waals surface area contributed by atoms with Gasteiger partial charge in [0.05, 0.1) is 16.8 Å². The minimum atomic E-state index is -0.500. The van der Waals surface area contributed by atoms with E-state index in [1.165, 1.54) is 12.1 Å². The highest BCUT2D eigenvalue weighted by atomic mass is 35.5. The third-order valence-corrected chi connectivity index (χ3v) is 4.87. The van der Waals surface area contributed by atoms with Crippen LogP contribution in [0, 0.1) is 0 Å². The molecular weight excluding hydrogens is 429 g/mol. The van der Waals surface area contributed by atoms with Gasteiger partial charge in [-0.2, -0.15) is 0 Å². The van der Waals surface area contributed by atoms with Crippen LogP contribution in [-0.2, 0) is 6.54 Å². The number of hydrogen-bond acceptors (Lipinski definition) is 5. The van der Waals surface area contributed by atoms with E-state index in [2.05, 4.69) is 15.6 Å². The second kappa shape index (κ2) is 8.61. The van der Waals surface area contributed by atoms with Crippen LogP contribution in [0.2, 0.25) is 10.3 Å². The van der Waals surface area contributed by atoms with Crippen molar-refractivity contribution in [2.45, 2.75) is 6.54 Å². The molecule has 0 saturated carbocycles. The topological polar surface area (TPSA) is 89.5 Å². The largest absolute Gasteiger partial charge is 0.454 e. The van der Waals surface area contributed by atoms with Crippen LogP contribution in [0.15, 0.2) is 54.6 Å². The number of nitrogens with one attached hydrogen (secondary N) is 2. The van der Waals surface area contributed by atoms with Crippen LogP contribution in [-0.4, -0.2) is 23.6 Å². The number of anilines is 1. The second-order valence-corrected chi connectivity index (χ2v) is 7.09. The number of fused-ring (bicyclic) bond motifs is 1. The molecule has 152 valence electrons. The number of carbonyl (C=O) groups excluding carboxylic acids is 2. The standard InChI is InChI=1S/C21H15Cl2N3O4/c22-18-8-6-14(19(23)26-18)21(28)25-15-4-2-1-3-13(15)20(27)24-10-12-5-7-16-17(9-12)30-11-29-16/h1-9H,10-11H2,(H,24,27)(H,25,28). The fraction of sp³-hybridized carbons (Fsp3) is 0.0952. The molecule has 0 unspecified atom stereocenters. The first kappa shape index (κ1) is 20.0. The van der Waals surface area contributed by atoms with Crippen molar-refractivity contribution in [3.63, 3.8) is 0 Å². The molecule has 3 aromatic rings. The average molecular weight is 444 g/mol. The highest BCUT2D eigenvalue weighted by Gasteiger charge is 2.17. The molecule has 0 bridgehead atoms. The van der Waals surface area contributed by atoms with Gasteiger partial charge in [0.2, 0.25) is 6.79 Å². The van der Waals surface area contributed by atoms with Crippen molar-refractivity contribution in [2.24, 2.45) is 0 Å². The fourth-order valence-electron chi connectivity index (χ4n) is 2.89. The van der Waals surface area contributed by atoms with Gasteiger partial charge in [-0.3, -0.25) is 9.59 Å². The zero-order valence-electron chi connectivity index (χ0n) is 15.4. The summed E-state index contributed by atoms with van der Waals surface area (Å²) in [6.45, 7) is 0.468. The second-order valence-electron chi connectivity index (χ2n) is 6.34. The van der Waals surface area contributed by atoms with Gasteiger partial charge in [0, 0.05) is 6.54 Å². The lowest BCUT2D eigenvalue weighted by Gasteiger charge is -2.12. The molecule has 0 saturated heterocycles. The molecule has 2 amide bonds. The quantitative estimate of drug-likeness (QED) is 0.573. The lowest BCUT2D eigenvalue weighted by atomic mass is 10.1. The Morgan fingerprint density at radius 1 is 0.933 bits per heavy atom. The Balaban J connectivity index is 1.47. The number of pyridine rings is 1. The smallest absolute Gasteiger partial charge is 0.258 e. The summed E-state index contributed by atoms with van der Waals surface area (Å²) in [5.74, 6) is 0.473. The molecular formula is C21H15Cl2N3O4. The number of carbonyl (C=O) groups is 2. The molecule has 1 aliphatic heterocycles. The number of halogens is 2. The number of rotatable bonds is 5. The van der Waals surface area contributed by atoms with Crippen molar-refractivity contribution in [3.8, 4) is 11.5 Å². The van der Waals surface area contributed by atoms with E-state index >= 15 is 0 Å². The molecule has 2 aromatic carbocycles. The Morgan fingerprint density at radius 3 is 2.57 bits per heavy atom. The lowest BCUT2D eigenvalue weighted by Crippen LogP contribution is -2.25. The summed E-state index contributed by atoms with van der Waals surface area (Å²) in [5.41, 5.74) is 1.66. The third-order valence-electron chi connectivity index (χ3n) is 4.37. The summed E-state index contributed by atoms with van der Waals surface area (Å²) in [7, 11) is 0. The first-order valence-electron chi connectivity index (χ1n) is 8.90. The Kier molecular flexibility index (Phi) is 5.74.